The fourth-order valence-electron chi connectivity index (χ4n) is 4.91. The van der Waals surface area contributed by atoms with E-state index in [-0.39, 0.29) is 31.3 Å². The first-order valence-corrected chi connectivity index (χ1v) is 13.2. The van der Waals surface area contributed by atoms with Gasteiger partial charge in [0.05, 0.1) is 6.04 Å². The van der Waals surface area contributed by atoms with Crippen LogP contribution in [0.1, 0.15) is 64.1 Å². The van der Waals surface area contributed by atoms with Gasteiger partial charge in [0.25, 0.3) is 0 Å². The molecular formula is C28H34Cl2N2O5. The van der Waals surface area contributed by atoms with E-state index in [4.69, 9.17) is 37.4 Å². The van der Waals surface area contributed by atoms with Crippen LogP contribution in [-0.2, 0) is 14.9 Å². The average Bonchev–Trinajstić information content (AvgIpc) is 3.30. The third-order valence-electron chi connectivity index (χ3n) is 7.19. The van der Waals surface area contributed by atoms with E-state index in [1.165, 1.54) is 0 Å². The molecule has 0 N–H and O–H groups in total. The van der Waals surface area contributed by atoms with E-state index in [1.54, 1.807) is 22.9 Å². The summed E-state index contributed by atoms with van der Waals surface area (Å²) in [5, 5.41) is 1.06. The van der Waals surface area contributed by atoms with Crippen LogP contribution in [0.25, 0.3) is 0 Å². The number of nitrogens with zero attached hydrogens (tertiary/aromatic N) is 2. The first-order chi connectivity index (χ1) is 17.4. The molecule has 2 aliphatic heterocycles. The lowest BCUT2D eigenvalue weighted by molar-refractivity contribution is -0.133. The van der Waals surface area contributed by atoms with Crippen LogP contribution in [0.15, 0.2) is 36.4 Å². The first kappa shape index (κ1) is 27.4. The third kappa shape index (κ3) is 6.27. The number of amides is 2. The van der Waals surface area contributed by atoms with Crippen molar-refractivity contribution < 1.29 is 23.8 Å². The molecule has 2 amide bonds. The van der Waals surface area contributed by atoms with Crippen molar-refractivity contribution in [2.75, 3.05) is 26.9 Å². The van der Waals surface area contributed by atoms with Crippen LogP contribution >= 0.6 is 23.2 Å². The summed E-state index contributed by atoms with van der Waals surface area (Å²) in [4.78, 5) is 29.9. The highest BCUT2D eigenvalue weighted by molar-refractivity contribution is 6.34. The molecule has 0 aliphatic carbocycles. The molecule has 2 aromatic rings. The number of piperidine rings is 1. The second-order valence-electron chi connectivity index (χ2n) is 10.9. The number of carbonyl (C=O) groups is 2. The van der Waals surface area contributed by atoms with Crippen molar-refractivity contribution in [1.29, 1.82) is 0 Å². The Morgan fingerprint density at radius 1 is 1.05 bits per heavy atom. The molecule has 200 valence electrons. The number of rotatable bonds is 5. The Hall–Kier alpha value is -2.64. The van der Waals surface area contributed by atoms with Crippen molar-refractivity contribution in [1.82, 2.24) is 9.80 Å². The zero-order chi connectivity index (χ0) is 27.0. The van der Waals surface area contributed by atoms with Crippen molar-refractivity contribution in [3.63, 3.8) is 0 Å². The Kier molecular flexibility index (Phi) is 7.86. The number of carbonyl (C=O) groups excluding carboxylic acids is 2. The quantitative estimate of drug-likeness (QED) is 0.421. The van der Waals surface area contributed by atoms with E-state index in [1.807, 2.05) is 58.0 Å². The molecule has 0 saturated carbocycles. The van der Waals surface area contributed by atoms with Gasteiger partial charge < -0.3 is 24.0 Å². The van der Waals surface area contributed by atoms with Crippen LogP contribution < -0.4 is 9.47 Å². The molecule has 9 heteroatoms. The van der Waals surface area contributed by atoms with Gasteiger partial charge in [0, 0.05) is 42.0 Å². The highest BCUT2D eigenvalue weighted by Gasteiger charge is 2.41. The van der Waals surface area contributed by atoms with Crippen molar-refractivity contribution in [2.45, 2.75) is 64.0 Å². The molecule has 0 spiro atoms. The first-order valence-electron chi connectivity index (χ1n) is 12.5. The summed E-state index contributed by atoms with van der Waals surface area (Å²) in [6.07, 6.45) is 1.18. The summed E-state index contributed by atoms with van der Waals surface area (Å²) < 4.78 is 16.7. The van der Waals surface area contributed by atoms with Crippen LogP contribution in [0, 0.1) is 0 Å². The van der Waals surface area contributed by atoms with Crippen molar-refractivity contribution >= 4 is 35.2 Å². The minimum absolute atomic E-state index is 0.00742. The van der Waals surface area contributed by atoms with Crippen LogP contribution in [0.3, 0.4) is 0 Å². The number of hydrogen-bond donors (Lipinski definition) is 0. The lowest BCUT2D eigenvalue weighted by Crippen LogP contribution is -2.48. The van der Waals surface area contributed by atoms with E-state index in [9.17, 15) is 9.59 Å². The molecule has 2 aliphatic rings. The average molecular weight is 549 g/mol. The fourth-order valence-corrected chi connectivity index (χ4v) is 5.45. The Morgan fingerprint density at radius 2 is 1.68 bits per heavy atom. The van der Waals surface area contributed by atoms with Crippen LogP contribution in [-0.4, -0.2) is 54.3 Å². The highest BCUT2D eigenvalue weighted by atomic mass is 35.5. The topological polar surface area (TPSA) is 68.3 Å². The van der Waals surface area contributed by atoms with Gasteiger partial charge in [-0.15, -0.1) is 0 Å². The highest BCUT2D eigenvalue weighted by Crippen LogP contribution is 2.44. The summed E-state index contributed by atoms with van der Waals surface area (Å²) >= 11 is 12.4. The maximum Gasteiger partial charge on any atom is 0.410 e. The fraction of sp³-hybridized carbons (Fsp3) is 0.500. The molecule has 2 heterocycles. The smallest absolute Gasteiger partial charge is 0.410 e. The second kappa shape index (κ2) is 10.6. The molecule has 1 atom stereocenters. The zero-order valence-electron chi connectivity index (χ0n) is 22.0. The van der Waals surface area contributed by atoms with E-state index in [2.05, 4.69) is 0 Å². The minimum atomic E-state index is -0.568. The predicted molar refractivity (Wildman–Crippen MR) is 144 cm³/mol. The summed E-state index contributed by atoms with van der Waals surface area (Å²) in [6, 6.07) is 11.0. The molecule has 7 nitrogen and oxygen atoms in total. The molecular weight excluding hydrogens is 515 g/mol. The molecule has 0 bridgehead atoms. The number of benzene rings is 2. The summed E-state index contributed by atoms with van der Waals surface area (Å²) in [6.45, 7) is 8.68. The third-order valence-corrected chi connectivity index (χ3v) is 7.62. The number of fused-ring (bicyclic) bond motifs is 1. The predicted octanol–water partition coefficient (Wildman–Crippen LogP) is 6.60. The number of hydrogen-bond acceptors (Lipinski definition) is 5. The van der Waals surface area contributed by atoms with Gasteiger partial charge in [-0.1, -0.05) is 29.3 Å². The molecule has 1 unspecified atom stereocenters. The van der Waals surface area contributed by atoms with Gasteiger partial charge in [-0.2, -0.15) is 0 Å². The monoisotopic (exact) mass is 548 g/mol. The molecule has 1 fully saturated rings. The van der Waals surface area contributed by atoms with Crippen LogP contribution in [0.5, 0.6) is 11.5 Å². The van der Waals surface area contributed by atoms with E-state index in [0.717, 1.165) is 11.1 Å². The van der Waals surface area contributed by atoms with Crippen molar-refractivity contribution in [3.05, 3.63) is 57.6 Å². The normalized spacial score (nSPS) is 17.3. The van der Waals surface area contributed by atoms with Crippen molar-refractivity contribution in [3.8, 4) is 11.5 Å². The van der Waals surface area contributed by atoms with E-state index < -0.39 is 11.0 Å². The Morgan fingerprint density at radius 3 is 2.30 bits per heavy atom. The maximum atomic E-state index is 13.7. The van der Waals surface area contributed by atoms with Gasteiger partial charge in [0.15, 0.2) is 11.5 Å². The van der Waals surface area contributed by atoms with Gasteiger partial charge in [-0.25, -0.2) is 4.79 Å². The van der Waals surface area contributed by atoms with Crippen LogP contribution in [0.2, 0.25) is 10.0 Å². The van der Waals surface area contributed by atoms with Gasteiger partial charge >= 0.3 is 6.09 Å². The Balaban J connectivity index is 1.57. The maximum absolute atomic E-state index is 13.7. The SMILES string of the molecule is CC(c1cc(Cl)cc(Cl)c1)N(C)C(=O)CC1(c2ccc3c(c2)OCO3)CCN(C(=O)OC(C)(C)C)CC1. The molecule has 1 saturated heterocycles. The minimum Gasteiger partial charge on any atom is -0.454 e. The zero-order valence-corrected chi connectivity index (χ0v) is 23.5. The largest absolute Gasteiger partial charge is 0.454 e. The number of likely N-dealkylation sites (tertiary alicyclic amines) is 1. The molecule has 0 aromatic heterocycles. The van der Waals surface area contributed by atoms with Gasteiger partial charge in [0.2, 0.25) is 12.7 Å². The molecule has 4 rings (SSSR count). The standard InChI is InChI=1S/C28H34Cl2N2O5/c1-18(19-12-21(29)15-22(30)13-19)31(5)25(33)16-28(20-6-7-23-24(14-20)36-17-35-23)8-10-32(11-9-28)26(34)37-27(2,3)4/h6-7,12-15,18H,8-11,16-17H2,1-5H3. The van der Waals surface area contributed by atoms with Gasteiger partial charge in [-0.3, -0.25) is 4.79 Å². The van der Waals surface area contributed by atoms with E-state index >= 15 is 0 Å². The van der Waals surface area contributed by atoms with E-state index in [0.29, 0.717) is 47.5 Å². The lowest BCUT2D eigenvalue weighted by atomic mass is 9.70. The second-order valence-corrected chi connectivity index (χ2v) is 11.7. The van der Waals surface area contributed by atoms with Crippen molar-refractivity contribution in [2.24, 2.45) is 0 Å². The Labute approximate surface area is 228 Å². The number of halogens is 2. The molecule has 2 aromatic carbocycles. The molecule has 37 heavy (non-hydrogen) atoms. The van der Waals surface area contributed by atoms with Gasteiger partial charge in [0.1, 0.15) is 5.60 Å². The lowest BCUT2D eigenvalue weighted by Gasteiger charge is -2.43. The Bertz CT molecular complexity index is 1150. The molecule has 0 radical (unpaired) electrons. The summed E-state index contributed by atoms with van der Waals surface area (Å²) in [5.41, 5.74) is 0.823. The van der Waals surface area contributed by atoms with Gasteiger partial charge in [-0.05, 0) is 82.0 Å². The number of ether oxygens (including phenoxy) is 3. The summed E-state index contributed by atoms with van der Waals surface area (Å²) in [7, 11) is 1.80. The summed E-state index contributed by atoms with van der Waals surface area (Å²) in [5.74, 6) is 1.36. The van der Waals surface area contributed by atoms with Crippen LogP contribution in [0.4, 0.5) is 4.79 Å².